The third kappa shape index (κ3) is 59.6. The summed E-state index contributed by atoms with van der Waals surface area (Å²) in [6.45, 7) is 28.3. The van der Waals surface area contributed by atoms with E-state index in [2.05, 4.69) is 17.6 Å². The second-order valence-electron chi connectivity index (χ2n) is 16.5. The minimum absolute atomic E-state index is 0. The van der Waals surface area contributed by atoms with Gasteiger partial charge in [0.05, 0.1) is 38.8 Å². The van der Waals surface area contributed by atoms with Gasteiger partial charge in [-0.05, 0) is 107 Å². The molecule has 28 heteroatoms. The molecule has 0 aromatic heterocycles. The number of nitrogens with one attached hydrogen (secondary N) is 2. The Kier molecular flexibility index (Phi) is 94.5. The lowest BCUT2D eigenvalue weighted by molar-refractivity contribution is -0.141. The summed E-state index contributed by atoms with van der Waals surface area (Å²) in [5, 5.41) is 14.9. The molecule has 2 unspecified atom stereocenters. The summed E-state index contributed by atoms with van der Waals surface area (Å²) in [6.07, 6.45) is 4.27. The van der Waals surface area contributed by atoms with Gasteiger partial charge in [-0.25, -0.2) is 0 Å². The van der Waals surface area contributed by atoms with Gasteiger partial charge < -0.3 is 98.0 Å². The zero-order valence-electron chi connectivity index (χ0n) is 49.4. The van der Waals surface area contributed by atoms with E-state index in [1.54, 1.807) is 49.8 Å². The number of carbonyl (C=O) groups excluding carboxylic acids is 2. The van der Waals surface area contributed by atoms with Gasteiger partial charge in [0.2, 0.25) is 5.91 Å². The fourth-order valence-corrected chi connectivity index (χ4v) is 14.9. The molecule has 0 aliphatic heterocycles. The summed E-state index contributed by atoms with van der Waals surface area (Å²) in [4.78, 5) is 21.8. The first-order chi connectivity index (χ1) is 35.2. The van der Waals surface area contributed by atoms with E-state index in [4.69, 9.17) is 87.3 Å². The minimum Gasteiger partial charge on any atom is -0.466 e. The molecule has 1 amide bonds. The highest BCUT2D eigenvalue weighted by Crippen LogP contribution is 2.18. The summed E-state index contributed by atoms with van der Waals surface area (Å²) in [6, 6.07) is 2.64. The lowest BCUT2D eigenvalue weighted by Gasteiger charge is -2.28. The summed E-state index contributed by atoms with van der Waals surface area (Å²) in [5.41, 5.74) is 5.49. The molecule has 0 radical (unpaired) electrons. The maximum Gasteiger partial charge on any atom is 0.528 e. The maximum absolute atomic E-state index is 11.4. The van der Waals surface area contributed by atoms with Crippen LogP contribution >= 0.6 is 0 Å². The van der Waals surface area contributed by atoms with Gasteiger partial charge >= 0.3 is 49.5 Å². The number of nitrogens with two attached hydrogens (primary N) is 1. The zero-order valence-corrected chi connectivity index (χ0v) is 54.4. The summed E-state index contributed by atoms with van der Waals surface area (Å²) >= 11 is 0. The van der Waals surface area contributed by atoms with Crippen LogP contribution in [0.3, 0.4) is 0 Å². The fraction of sp³-hybridized carbons (Fsp3) is 0.963. The van der Waals surface area contributed by atoms with E-state index < -0.39 is 43.5 Å². The highest BCUT2D eigenvalue weighted by Gasteiger charge is 2.42. The average Bonchev–Trinajstić information content (AvgIpc) is 3.39. The molecule has 512 valence electrons. The highest BCUT2D eigenvalue weighted by molar-refractivity contribution is 6.66. The van der Waals surface area contributed by atoms with Crippen molar-refractivity contribution in [2.24, 2.45) is 5.73 Å². The Hall–Kier alpha value is -0.736. The molecule has 0 bridgehead atoms. The molecular weight excluding hydrogens is 1150 g/mol. The molecule has 5 N–H and O–H groups in total. The molecule has 82 heavy (non-hydrogen) atoms. The standard InChI is InChI=1S/C13H29NO5Si.C13H32O7Si2.C12H30N2O4Si.C8H18O4Si.8CH4/c1-4-17-20(18-5-2,19-6-3)12-8-10-14-13(16)9-7-11-15;1-7-18-22(19-8-2,20-9-3)13-17-11-10-16-12-21(6,14-4)15-5;1-11(10-18-12(2)9-13)14-7-6-8-19(15-3,16-4)17-5;1-8(9)12-6-5-7-13(4,10-2)11-3;;;;;;;;/h15H,4-12H2,1-3H3,(H,14,16);7-13H2,1-6H3;11-12,14H,6-10,13H2,1-5H3;5-7H2,1-4H3;8*1H4. The van der Waals surface area contributed by atoms with E-state index in [9.17, 15) is 9.59 Å². The van der Waals surface area contributed by atoms with Crippen molar-refractivity contribution in [1.82, 2.24) is 10.6 Å². The third-order valence-corrected chi connectivity index (χ3v) is 24.8. The van der Waals surface area contributed by atoms with Crippen LogP contribution in [0.4, 0.5) is 0 Å². The van der Waals surface area contributed by atoms with Gasteiger partial charge in [0.25, 0.3) is 0 Å². The average molecular weight is 1290 g/mol. The number of ether oxygens (including phenoxy) is 4. The molecule has 0 aliphatic carbocycles. The van der Waals surface area contributed by atoms with Crippen LogP contribution < -0.4 is 16.4 Å². The first-order valence-electron chi connectivity index (χ1n) is 26.1. The Bertz CT molecular complexity index is 1220. The highest BCUT2D eigenvalue weighted by atomic mass is 28.4. The first-order valence-corrected chi connectivity index (χ1v) is 37.0. The van der Waals surface area contributed by atoms with Crippen LogP contribution in [0.15, 0.2) is 0 Å². The van der Waals surface area contributed by atoms with Crippen LogP contribution in [0, 0.1) is 0 Å². The Labute approximate surface area is 512 Å². The second-order valence-corrected chi connectivity index (χ2v) is 31.8. The molecular formula is C54H141N3O20Si5. The van der Waals surface area contributed by atoms with E-state index in [0.717, 1.165) is 37.9 Å². The molecule has 0 heterocycles. The van der Waals surface area contributed by atoms with Gasteiger partial charge in [-0.1, -0.05) is 59.4 Å². The van der Waals surface area contributed by atoms with Crippen molar-refractivity contribution < 1.29 is 91.2 Å². The van der Waals surface area contributed by atoms with Crippen LogP contribution in [-0.4, -0.2) is 227 Å². The first kappa shape index (κ1) is 109. The third-order valence-electron chi connectivity index (χ3n) is 10.6. The quantitative estimate of drug-likeness (QED) is 0.0251. The van der Waals surface area contributed by atoms with E-state index in [-0.39, 0.29) is 84.0 Å². The molecule has 0 aromatic rings. The number of aliphatic hydroxyl groups excluding tert-OH is 1. The topological polar surface area (TPSA) is 261 Å². The predicted molar refractivity (Wildman–Crippen MR) is 351 cm³/mol. The molecule has 0 spiro atoms. The number of carbonyl (C=O) groups is 2. The van der Waals surface area contributed by atoms with Crippen LogP contribution in [-0.2, 0) is 86.1 Å². The Morgan fingerprint density at radius 3 is 1.29 bits per heavy atom. The van der Waals surface area contributed by atoms with Crippen molar-refractivity contribution in [3.63, 3.8) is 0 Å². The van der Waals surface area contributed by atoms with Crippen LogP contribution in [0.2, 0.25) is 31.2 Å². The van der Waals surface area contributed by atoms with Crippen molar-refractivity contribution >= 4 is 55.4 Å². The van der Waals surface area contributed by atoms with Crippen LogP contribution in [0.5, 0.6) is 0 Å². The Morgan fingerprint density at radius 2 is 0.915 bits per heavy atom. The summed E-state index contributed by atoms with van der Waals surface area (Å²) < 4.78 is 93.2. The number of aliphatic hydroxyl groups is 1. The molecule has 0 rings (SSSR count). The number of rotatable bonds is 46. The normalized spacial score (nSPS) is 11.7. The number of esters is 1. The lowest BCUT2D eigenvalue weighted by atomic mass is 10.3. The predicted octanol–water partition coefficient (Wildman–Crippen LogP) is 9.81. The van der Waals surface area contributed by atoms with Crippen molar-refractivity contribution in [1.29, 1.82) is 0 Å². The van der Waals surface area contributed by atoms with Crippen molar-refractivity contribution in [3.8, 4) is 0 Å². The van der Waals surface area contributed by atoms with E-state index in [1.165, 1.54) is 6.92 Å². The summed E-state index contributed by atoms with van der Waals surface area (Å²) in [5.74, 6) is -0.270. The number of hydrogen-bond donors (Lipinski definition) is 4. The largest absolute Gasteiger partial charge is 0.528 e. The van der Waals surface area contributed by atoms with Gasteiger partial charge in [-0.3, -0.25) is 9.59 Å². The molecule has 2 atom stereocenters. The zero-order chi connectivity index (χ0) is 57.2. The Morgan fingerprint density at radius 1 is 0.512 bits per heavy atom. The van der Waals surface area contributed by atoms with Crippen molar-refractivity contribution in [3.05, 3.63) is 0 Å². The van der Waals surface area contributed by atoms with Gasteiger partial charge in [-0.15, -0.1) is 0 Å². The minimum atomic E-state index is -2.72. The van der Waals surface area contributed by atoms with Crippen LogP contribution in [0.1, 0.15) is 154 Å². The molecule has 0 aromatic carbocycles. The van der Waals surface area contributed by atoms with Crippen LogP contribution in [0.25, 0.3) is 0 Å². The SMILES string of the molecule is C.C.C.C.C.C.C.C.CCO[Si](CCCNC(=O)CCCO)(OCC)OCC.CCO[Si](COCCOC[Si](C)(OC)OC)(OCC)OCC.CO[Si](C)(CCCOC(C)=O)OC.CO[Si](CCCNC(C)COC(C)CN)(OC)OC. The monoisotopic (exact) mass is 1290 g/mol. The molecule has 0 aliphatic rings. The van der Waals surface area contributed by atoms with Crippen molar-refractivity contribution in [2.75, 3.05) is 155 Å². The molecule has 0 fully saturated rings. The summed E-state index contributed by atoms with van der Waals surface area (Å²) in [7, 11) is -0.365. The van der Waals surface area contributed by atoms with Gasteiger partial charge in [0.1, 0.15) is 6.23 Å². The van der Waals surface area contributed by atoms with E-state index in [0.29, 0.717) is 117 Å². The molecule has 0 saturated carbocycles. The second kappa shape index (κ2) is 71.0. The van der Waals surface area contributed by atoms with E-state index >= 15 is 0 Å². The van der Waals surface area contributed by atoms with E-state index in [1.807, 2.05) is 61.6 Å². The van der Waals surface area contributed by atoms with Gasteiger partial charge in [0, 0.05) is 141 Å². The smallest absolute Gasteiger partial charge is 0.466 e. The maximum atomic E-state index is 11.4. The van der Waals surface area contributed by atoms with Gasteiger partial charge in [0.15, 0.2) is 0 Å². The fourth-order valence-electron chi connectivity index (χ4n) is 6.09. The van der Waals surface area contributed by atoms with Gasteiger partial charge in [-0.2, -0.15) is 0 Å². The number of hydrogen-bond acceptors (Lipinski definition) is 22. The molecule has 0 saturated heterocycles. The Balaban J connectivity index is -0.0000000781. The van der Waals surface area contributed by atoms with Crippen molar-refractivity contribution in [2.45, 2.75) is 197 Å². The molecule has 23 nitrogen and oxygen atoms in total. The number of amides is 1. The lowest BCUT2D eigenvalue weighted by Crippen LogP contribution is -2.51.